The van der Waals surface area contributed by atoms with Crippen LogP contribution in [0.2, 0.25) is 0 Å². The summed E-state index contributed by atoms with van der Waals surface area (Å²) in [6, 6.07) is 20.0. The number of amides is 2. The van der Waals surface area contributed by atoms with Gasteiger partial charge in [-0.2, -0.15) is 4.31 Å². The molecule has 3 aromatic carbocycles. The Morgan fingerprint density at radius 1 is 0.941 bits per heavy atom. The Bertz CT molecular complexity index is 1310. The molecule has 1 heterocycles. The molecule has 1 aliphatic heterocycles. The predicted molar refractivity (Wildman–Crippen MR) is 133 cm³/mol. The molecular weight excluding hydrogens is 450 g/mol. The van der Waals surface area contributed by atoms with Gasteiger partial charge in [-0.1, -0.05) is 42.5 Å². The SMILES string of the molecule is CC(=O)Nc1cccc(C(C)NC(=O)C2CCN(S(=O)(=O)c3ccc4ccccc4c3)CC2)c1. The Morgan fingerprint density at radius 2 is 1.65 bits per heavy atom. The molecule has 8 heteroatoms. The van der Waals surface area contributed by atoms with E-state index in [9.17, 15) is 18.0 Å². The van der Waals surface area contributed by atoms with Crippen LogP contribution in [0.4, 0.5) is 5.69 Å². The molecule has 0 radical (unpaired) electrons. The van der Waals surface area contributed by atoms with Crippen LogP contribution in [0, 0.1) is 5.92 Å². The summed E-state index contributed by atoms with van der Waals surface area (Å²) in [5, 5.41) is 7.65. The second-order valence-corrected chi connectivity index (χ2v) is 10.7. The number of hydrogen-bond donors (Lipinski definition) is 2. The zero-order valence-electron chi connectivity index (χ0n) is 19.3. The largest absolute Gasteiger partial charge is 0.349 e. The van der Waals surface area contributed by atoms with Gasteiger partial charge in [-0.3, -0.25) is 9.59 Å². The van der Waals surface area contributed by atoms with Crippen LogP contribution >= 0.6 is 0 Å². The van der Waals surface area contributed by atoms with Crippen molar-refractivity contribution in [3.63, 3.8) is 0 Å². The molecule has 3 aromatic rings. The van der Waals surface area contributed by atoms with Gasteiger partial charge in [0.1, 0.15) is 0 Å². The number of carbonyl (C=O) groups excluding carboxylic acids is 2. The number of carbonyl (C=O) groups is 2. The minimum atomic E-state index is -3.62. The molecule has 1 atom stereocenters. The number of anilines is 1. The molecule has 0 saturated carbocycles. The molecule has 0 aliphatic carbocycles. The van der Waals surface area contributed by atoms with E-state index in [0.717, 1.165) is 16.3 Å². The van der Waals surface area contributed by atoms with Crippen LogP contribution in [0.5, 0.6) is 0 Å². The molecule has 4 rings (SSSR count). The van der Waals surface area contributed by atoms with Crippen molar-refractivity contribution < 1.29 is 18.0 Å². The van der Waals surface area contributed by atoms with Gasteiger partial charge < -0.3 is 10.6 Å². The molecule has 2 N–H and O–H groups in total. The van der Waals surface area contributed by atoms with Crippen LogP contribution in [0.15, 0.2) is 71.6 Å². The number of hydrogen-bond acceptors (Lipinski definition) is 4. The maximum Gasteiger partial charge on any atom is 0.243 e. The summed E-state index contributed by atoms with van der Waals surface area (Å²) < 4.78 is 27.8. The van der Waals surface area contributed by atoms with Gasteiger partial charge in [0, 0.05) is 31.6 Å². The number of rotatable bonds is 6. The van der Waals surface area contributed by atoms with Gasteiger partial charge in [0.15, 0.2) is 0 Å². The first-order chi connectivity index (χ1) is 16.2. The summed E-state index contributed by atoms with van der Waals surface area (Å²) >= 11 is 0. The first kappa shape index (κ1) is 23.9. The van der Waals surface area contributed by atoms with Crippen LogP contribution < -0.4 is 10.6 Å². The maximum atomic E-state index is 13.2. The highest BCUT2D eigenvalue weighted by molar-refractivity contribution is 7.89. The topological polar surface area (TPSA) is 95.6 Å². The van der Waals surface area contributed by atoms with E-state index in [1.807, 2.05) is 55.5 Å². The molecule has 1 unspecified atom stereocenters. The Kier molecular flexibility index (Phi) is 7.00. The second kappa shape index (κ2) is 9.95. The number of nitrogens with one attached hydrogen (secondary N) is 2. The van der Waals surface area contributed by atoms with Crippen molar-refractivity contribution in [3.8, 4) is 0 Å². The lowest BCUT2D eigenvalue weighted by atomic mass is 9.96. The second-order valence-electron chi connectivity index (χ2n) is 8.72. The molecule has 0 bridgehead atoms. The zero-order valence-corrected chi connectivity index (χ0v) is 20.1. The third-order valence-corrected chi connectivity index (χ3v) is 8.14. The van der Waals surface area contributed by atoms with Crippen LogP contribution in [-0.4, -0.2) is 37.6 Å². The molecule has 1 aliphatic rings. The lowest BCUT2D eigenvalue weighted by molar-refractivity contribution is -0.126. The average molecular weight is 480 g/mol. The van der Waals surface area contributed by atoms with E-state index in [-0.39, 0.29) is 28.7 Å². The van der Waals surface area contributed by atoms with Crippen molar-refractivity contribution in [3.05, 3.63) is 72.3 Å². The van der Waals surface area contributed by atoms with E-state index < -0.39 is 10.0 Å². The van der Waals surface area contributed by atoms with Gasteiger partial charge in [-0.05, 0) is 60.4 Å². The third kappa shape index (κ3) is 5.29. The summed E-state index contributed by atoms with van der Waals surface area (Å²) in [5.41, 5.74) is 1.56. The van der Waals surface area contributed by atoms with Gasteiger partial charge >= 0.3 is 0 Å². The first-order valence-electron chi connectivity index (χ1n) is 11.4. The van der Waals surface area contributed by atoms with Gasteiger partial charge in [0.25, 0.3) is 0 Å². The molecule has 1 fully saturated rings. The highest BCUT2D eigenvalue weighted by Gasteiger charge is 2.32. The molecule has 0 aromatic heterocycles. The minimum Gasteiger partial charge on any atom is -0.349 e. The van der Waals surface area contributed by atoms with E-state index in [1.54, 1.807) is 18.2 Å². The first-order valence-corrected chi connectivity index (χ1v) is 12.8. The van der Waals surface area contributed by atoms with Crippen molar-refractivity contribution in [2.45, 2.75) is 37.6 Å². The predicted octanol–water partition coefficient (Wildman–Crippen LogP) is 4.08. The van der Waals surface area contributed by atoms with Crippen LogP contribution in [0.1, 0.15) is 38.3 Å². The average Bonchev–Trinajstić information content (AvgIpc) is 2.83. The van der Waals surface area contributed by atoms with E-state index in [4.69, 9.17) is 0 Å². The van der Waals surface area contributed by atoms with Crippen molar-refractivity contribution in [2.24, 2.45) is 5.92 Å². The fourth-order valence-corrected chi connectivity index (χ4v) is 5.84. The Morgan fingerprint density at radius 3 is 2.35 bits per heavy atom. The van der Waals surface area contributed by atoms with Crippen LogP contribution in [0.25, 0.3) is 10.8 Å². The smallest absolute Gasteiger partial charge is 0.243 e. The molecule has 1 saturated heterocycles. The molecule has 7 nitrogen and oxygen atoms in total. The number of nitrogens with zero attached hydrogens (tertiary/aromatic N) is 1. The van der Waals surface area contributed by atoms with Crippen LogP contribution in [0.3, 0.4) is 0 Å². The fourth-order valence-electron chi connectivity index (χ4n) is 4.34. The summed E-state index contributed by atoms with van der Waals surface area (Å²) in [7, 11) is -3.62. The Hall–Kier alpha value is -3.23. The normalized spacial score (nSPS) is 16.2. The summed E-state index contributed by atoms with van der Waals surface area (Å²) in [6.45, 7) is 3.95. The van der Waals surface area contributed by atoms with Crippen LogP contribution in [-0.2, 0) is 19.6 Å². The van der Waals surface area contributed by atoms with Gasteiger partial charge in [0.05, 0.1) is 10.9 Å². The summed E-state index contributed by atoms with van der Waals surface area (Å²) in [6.07, 6.45) is 0.939. The fraction of sp³-hybridized carbons (Fsp3) is 0.308. The molecular formula is C26H29N3O4S. The highest BCUT2D eigenvalue weighted by atomic mass is 32.2. The van der Waals surface area contributed by atoms with Crippen molar-refractivity contribution in [1.29, 1.82) is 0 Å². The van der Waals surface area contributed by atoms with Crippen molar-refractivity contribution >= 4 is 38.3 Å². The number of sulfonamides is 1. The summed E-state index contributed by atoms with van der Waals surface area (Å²) in [4.78, 5) is 24.4. The number of fused-ring (bicyclic) bond motifs is 1. The number of piperidine rings is 1. The van der Waals surface area contributed by atoms with Gasteiger partial charge in [-0.25, -0.2) is 8.42 Å². The lowest BCUT2D eigenvalue weighted by Crippen LogP contribution is -2.43. The van der Waals surface area contributed by atoms with Crippen molar-refractivity contribution in [1.82, 2.24) is 9.62 Å². The lowest BCUT2D eigenvalue weighted by Gasteiger charge is -2.31. The minimum absolute atomic E-state index is 0.0832. The Balaban J connectivity index is 1.37. The third-order valence-electron chi connectivity index (χ3n) is 6.25. The van der Waals surface area contributed by atoms with E-state index in [1.165, 1.54) is 11.2 Å². The van der Waals surface area contributed by atoms with Gasteiger partial charge in [-0.15, -0.1) is 0 Å². The van der Waals surface area contributed by atoms with E-state index in [2.05, 4.69) is 10.6 Å². The number of benzene rings is 3. The molecule has 34 heavy (non-hydrogen) atoms. The van der Waals surface area contributed by atoms with E-state index in [0.29, 0.717) is 31.6 Å². The standard InChI is InChI=1S/C26H29N3O4S/c1-18(22-8-5-9-24(16-22)28-19(2)30)27-26(31)21-12-14-29(15-13-21)34(32,33)25-11-10-20-6-3-4-7-23(20)17-25/h3-11,16-18,21H,12-15H2,1-2H3,(H,27,31)(H,28,30). The zero-order chi connectivity index (χ0) is 24.3. The molecule has 2 amide bonds. The molecule has 0 spiro atoms. The quantitative estimate of drug-likeness (QED) is 0.557. The highest BCUT2D eigenvalue weighted by Crippen LogP contribution is 2.27. The van der Waals surface area contributed by atoms with Crippen molar-refractivity contribution in [2.75, 3.05) is 18.4 Å². The monoisotopic (exact) mass is 479 g/mol. The maximum absolute atomic E-state index is 13.2. The van der Waals surface area contributed by atoms with Gasteiger partial charge in [0.2, 0.25) is 21.8 Å². The molecule has 178 valence electrons. The Labute approximate surface area is 200 Å². The summed E-state index contributed by atoms with van der Waals surface area (Å²) in [5.74, 6) is -0.483. The van der Waals surface area contributed by atoms with E-state index >= 15 is 0 Å².